The van der Waals surface area contributed by atoms with Gasteiger partial charge >= 0.3 is 0 Å². The van der Waals surface area contributed by atoms with Crippen molar-refractivity contribution in [1.29, 1.82) is 0 Å². The van der Waals surface area contributed by atoms with E-state index in [4.69, 9.17) is 0 Å². The van der Waals surface area contributed by atoms with E-state index in [1.807, 2.05) is 11.8 Å². The highest BCUT2D eigenvalue weighted by Gasteiger charge is 2.23. The van der Waals surface area contributed by atoms with Gasteiger partial charge in [0.05, 0.1) is 6.54 Å². The normalized spacial score (nSPS) is 16.4. The summed E-state index contributed by atoms with van der Waals surface area (Å²) in [6.07, 6.45) is 4.26. The summed E-state index contributed by atoms with van der Waals surface area (Å²) in [7, 11) is 0. The van der Waals surface area contributed by atoms with Gasteiger partial charge in [0.2, 0.25) is 11.8 Å². The van der Waals surface area contributed by atoms with Crippen LogP contribution < -0.4 is 10.6 Å². The van der Waals surface area contributed by atoms with E-state index in [1.54, 1.807) is 0 Å². The first-order valence-corrected chi connectivity index (χ1v) is 7.45. The predicted molar refractivity (Wildman–Crippen MR) is 75.8 cm³/mol. The van der Waals surface area contributed by atoms with E-state index in [1.165, 1.54) is 0 Å². The molecule has 0 aliphatic carbocycles. The molecule has 0 bridgehead atoms. The van der Waals surface area contributed by atoms with Crippen LogP contribution in [-0.2, 0) is 9.59 Å². The monoisotopic (exact) mass is 269 g/mol. The minimum atomic E-state index is 0.136. The third-order valence-electron chi connectivity index (χ3n) is 3.39. The Morgan fingerprint density at radius 3 is 2.42 bits per heavy atom. The van der Waals surface area contributed by atoms with E-state index < -0.39 is 0 Å². The second-order valence-electron chi connectivity index (χ2n) is 5.15. The first-order chi connectivity index (χ1) is 9.17. The van der Waals surface area contributed by atoms with Gasteiger partial charge in [0.15, 0.2) is 0 Å². The molecule has 2 N–H and O–H groups in total. The van der Waals surface area contributed by atoms with Crippen LogP contribution in [0.15, 0.2) is 0 Å². The van der Waals surface area contributed by atoms with Crippen molar-refractivity contribution in [3.63, 3.8) is 0 Å². The van der Waals surface area contributed by atoms with Gasteiger partial charge in [-0.15, -0.1) is 0 Å². The maximum absolute atomic E-state index is 11.9. The Balaban J connectivity index is 2.21. The van der Waals surface area contributed by atoms with Crippen LogP contribution in [-0.4, -0.2) is 48.9 Å². The van der Waals surface area contributed by atoms with Gasteiger partial charge < -0.3 is 15.5 Å². The van der Waals surface area contributed by atoms with Crippen molar-refractivity contribution in [3.8, 4) is 0 Å². The molecule has 0 unspecified atom stereocenters. The van der Waals surface area contributed by atoms with E-state index in [0.717, 1.165) is 45.3 Å². The number of rotatable bonds is 7. The molecule has 5 nitrogen and oxygen atoms in total. The summed E-state index contributed by atoms with van der Waals surface area (Å²) in [5, 5.41) is 6.17. The van der Waals surface area contributed by atoms with Gasteiger partial charge in [-0.05, 0) is 32.2 Å². The molecule has 19 heavy (non-hydrogen) atoms. The van der Waals surface area contributed by atoms with Gasteiger partial charge in [0.25, 0.3) is 0 Å². The maximum Gasteiger partial charge on any atom is 0.236 e. The van der Waals surface area contributed by atoms with Gasteiger partial charge in [-0.3, -0.25) is 9.59 Å². The zero-order valence-electron chi connectivity index (χ0n) is 12.2. The minimum absolute atomic E-state index is 0.136. The lowest BCUT2D eigenvalue weighted by molar-refractivity contribution is -0.131. The van der Waals surface area contributed by atoms with Gasteiger partial charge in [0, 0.05) is 25.6 Å². The maximum atomic E-state index is 11.9. The fourth-order valence-corrected chi connectivity index (χ4v) is 2.28. The first kappa shape index (κ1) is 16.0. The van der Waals surface area contributed by atoms with Crippen LogP contribution in [0.3, 0.4) is 0 Å². The quantitative estimate of drug-likeness (QED) is 0.675. The topological polar surface area (TPSA) is 61.4 Å². The SMILES string of the molecule is CCCNCC(=O)N1CCC(NC(=O)CCC)CC1. The number of hydrogen-bond acceptors (Lipinski definition) is 3. The third-order valence-corrected chi connectivity index (χ3v) is 3.39. The molecule has 1 aliphatic heterocycles. The number of hydrogen-bond donors (Lipinski definition) is 2. The van der Waals surface area contributed by atoms with Crippen LogP contribution in [0.5, 0.6) is 0 Å². The standard InChI is InChI=1S/C14H27N3O2/c1-3-5-13(18)16-12-6-9-17(10-7-12)14(19)11-15-8-4-2/h12,15H,3-11H2,1-2H3,(H,16,18). The molecular weight excluding hydrogens is 242 g/mol. The van der Waals surface area contributed by atoms with Gasteiger partial charge in [-0.2, -0.15) is 0 Å². The average molecular weight is 269 g/mol. The molecule has 0 spiro atoms. The molecule has 0 aromatic heterocycles. The van der Waals surface area contributed by atoms with Gasteiger partial charge in [-0.25, -0.2) is 0 Å². The molecule has 0 aromatic rings. The fraction of sp³-hybridized carbons (Fsp3) is 0.857. The van der Waals surface area contributed by atoms with Gasteiger partial charge in [0.1, 0.15) is 0 Å². The summed E-state index contributed by atoms with van der Waals surface area (Å²) in [6, 6.07) is 0.242. The minimum Gasteiger partial charge on any atom is -0.353 e. The van der Waals surface area contributed by atoms with E-state index in [9.17, 15) is 9.59 Å². The van der Waals surface area contributed by atoms with Crippen molar-refractivity contribution in [1.82, 2.24) is 15.5 Å². The molecule has 2 amide bonds. The number of carbonyl (C=O) groups excluding carboxylic acids is 2. The molecule has 1 rings (SSSR count). The zero-order chi connectivity index (χ0) is 14.1. The van der Waals surface area contributed by atoms with Crippen molar-refractivity contribution >= 4 is 11.8 Å². The molecule has 1 fully saturated rings. The summed E-state index contributed by atoms with van der Waals surface area (Å²) in [6.45, 7) is 6.91. The number of piperidine rings is 1. The van der Waals surface area contributed by atoms with Crippen LogP contribution in [0.4, 0.5) is 0 Å². The molecule has 0 saturated carbocycles. The molecule has 0 radical (unpaired) electrons. The number of carbonyl (C=O) groups is 2. The molecule has 0 atom stereocenters. The Morgan fingerprint density at radius 2 is 1.84 bits per heavy atom. The van der Waals surface area contributed by atoms with E-state index in [0.29, 0.717) is 13.0 Å². The van der Waals surface area contributed by atoms with Crippen LogP contribution >= 0.6 is 0 Å². The van der Waals surface area contributed by atoms with Gasteiger partial charge in [-0.1, -0.05) is 13.8 Å². The van der Waals surface area contributed by atoms with E-state index >= 15 is 0 Å². The lowest BCUT2D eigenvalue weighted by Crippen LogP contribution is -2.48. The number of nitrogens with zero attached hydrogens (tertiary/aromatic N) is 1. The molecule has 1 heterocycles. The predicted octanol–water partition coefficient (Wildman–Crippen LogP) is 0.893. The number of nitrogens with one attached hydrogen (secondary N) is 2. The number of likely N-dealkylation sites (tertiary alicyclic amines) is 1. The van der Waals surface area contributed by atoms with Crippen LogP contribution in [0, 0.1) is 0 Å². The fourth-order valence-electron chi connectivity index (χ4n) is 2.28. The molecule has 1 saturated heterocycles. The second-order valence-corrected chi connectivity index (χ2v) is 5.15. The van der Waals surface area contributed by atoms with Crippen molar-refractivity contribution in [2.75, 3.05) is 26.2 Å². The number of amides is 2. The smallest absolute Gasteiger partial charge is 0.236 e. The second kappa shape index (κ2) is 8.91. The third kappa shape index (κ3) is 6.05. The van der Waals surface area contributed by atoms with Crippen LogP contribution in [0.1, 0.15) is 46.0 Å². The molecule has 5 heteroatoms. The van der Waals surface area contributed by atoms with Crippen molar-refractivity contribution in [3.05, 3.63) is 0 Å². The van der Waals surface area contributed by atoms with Crippen LogP contribution in [0.2, 0.25) is 0 Å². The summed E-state index contributed by atoms with van der Waals surface area (Å²) >= 11 is 0. The lowest BCUT2D eigenvalue weighted by Gasteiger charge is -2.32. The largest absolute Gasteiger partial charge is 0.353 e. The van der Waals surface area contributed by atoms with Crippen molar-refractivity contribution < 1.29 is 9.59 Å². The molecular formula is C14H27N3O2. The summed E-state index contributed by atoms with van der Waals surface area (Å²) in [4.78, 5) is 25.3. The summed E-state index contributed by atoms with van der Waals surface area (Å²) < 4.78 is 0. The molecule has 0 aromatic carbocycles. The summed E-state index contributed by atoms with van der Waals surface area (Å²) in [5.41, 5.74) is 0. The molecule has 1 aliphatic rings. The average Bonchev–Trinajstić information content (AvgIpc) is 2.40. The Morgan fingerprint density at radius 1 is 1.16 bits per heavy atom. The highest BCUT2D eigenvalue weighted by atomic mass is 16.2. The Labute approximate surface area is 116 Å². The first-order valence-electron chi connectivity index (χ1n) is 7.45. The Bertz CT molecular complexity index is 286. The highest BCUT2D eigenvalue weighted by Crippen LogP contribution is 2.10. The lowest BCUT2D eigenvalue weighted by atomic mass is 10.0. The highest BCUT2D eigenvalue weighted by molar-refractivity contribution is 5.78. The van der Waals surface area contributed by atoms with E-state index in [-0.39, 0.29) is 17.9 Å². The Hall–Kier alpha value is -1.10. The zero-order valence-corrected chi connectivity index (χ0v) is 12.2. The van der Waals surface area contributed by atoms with Crippen molar-refractivity contribution in [2.45, 2.75) is 52.0 Å². The van der Waals surface area contributed by atoms with Crippen molar-refractivity contribution in [2.24, 2.45) is 0 Å². The Kier molecular flexibility index (Phi) is 7.48. The van der Waals surface area contributed by atoms with Crippen LogP contribution in [0.25, 0.3) is 0 Å². The van der Waals surface area contributed by atoms with E-state index in [2.05, 4.69) is 17.6 Å². The summed E-state index contributed by atoms with van der Waals surface area (Å²) in [5.74, 6) is 0.309. The molecule has 110 valence electrons.